The summed E-state index contributed by atoms with van der Waals surface area (Å²) in [5, 5.41) is 3.82. The zero-order valence-electron chi connectivity index (χ0n) is 9.27. The summed E-state index contributed by atoms with van der Waals surface area (Å²) in [5.41, 5.74) is 0.666. The highest BCUT2D eigenvalue weighted by Crippen LogP contribution is 2.18. The van der Waals surface area contributed by atoms with Crippen molar-refractivity contribution in [2.24, 2.45) is 5.92 Å². The first kappa shape index (κ1) is 11.2. The molecular formula is C10H13N3O2S. The second-order valence-electron chi connectivity index (χ2n) is 4.06. The number of aryl methyl sites for hydroxylation is 1. The smallest absolute Gasteiger partial charge is 0.267 e. The Balaban J connectivity index is 2.12. The van der Waals surface area contributed by atoms with Gasteiger partial charge in [0.25, 0.3) is 5.91 Å². The number of hydrogen-bond donors (Lipinski definition) is 0. The Bertz CT molecular complexity index is 429. The fourth-order valence-electron chi connectivity index (χ4n) is 1.77. The van der Waals surface area contributed by atoms with Crippen LogP contribution in [0, 0.1) is 12.8 Å². The van der Waals surface area contributed by atoms with E-state index in [1.54, 1.807) is 11.8 Å². The Morgan fingerprint density at radius 2 is 2.31 bits per heavy atom. The van der Waals surface area contributed by atoms with Crippen LogP contribution in [0.1, 0.15) is 28.7 Å². The summed E-state index contributed by atoms with van der Waals surface area (Å²) in [4.78, 5) is 25.7. The highest BCUT2D eigenvalue weighted by molar-refractivity contribution is 7.07. The molecule has 1 aromatic heterocycles. The summed E-state index contributed by atoms with van der Waals surface area (Å²) in [6, 6.07) is 0. The molecule has 1 aliphatic rings. The molecule has 16 heavy (non-hydrogen) atoms. The average molecular weight is 239 g/mol. The third-order valence-corrected chi connectivity index (χ3v) is 3.62. The van der Waals surface area contributed by atoms with Crippen molar-refractivity contribution in [2.45, 2.75) is 20.3 Å². The summed E-state index contributed by atoms with van der Waals surface area (Å²) in [6.45, 7) is 4.66. The fourth-order valence-corrected chi connectivity index (χ4v) is 2.40. The number of likely N-dealkylation sites (tertiary alicyclic amines) is 1. The fraction of sp³-hybridized carbons (Fsp3) is 0.600. The zero-order chi connectivity index (χ0) is 11.7. The Hall–Kier alpha value is -1.30. The maximum atomic E-state index is 12.1. The number of Topliss-reactive ketones (excluding diaryl/α,β-unsaturated/α-hetero) is 1. The van der Waals surface area contributed by atoms with Crippen molar-refractivity contribution < 1.29 is 9.59 Å². The first-order valence-corrected chi connectivity index (χ1v) is 5.98. The number of carbonyl (C=O) groups excluding carboxylic acids is 2. The standard InChI is InChI=1S/C10H13N3O2S/c1-6-5-13(4-3-8(6)14)10(15)9-7(2)11-12-16-9/h6H,3-5H2,1-2H3. The predicted molar refractivity (Wildman–Crippen MR) is 59.3 cm³/mol. The van der Waals surface area contributed by atoms with E-state index >= 15 is 0 Å². The Kier molecular flexibility index (Phi) is 3.00. The molecule has 0 aromatic carbocycles. The van der Waals surface area contributed by atoms with E-state index in [0.717, 1.165) is 11.5 Å². The van der Waals surface area contributed by atoms with Gasteiger partial charge in [-0.25, -0.2) is 0 Å². The van der Waals surface area contributed by atoms with Crippen LogP contribution in [-0.2, 0) is 4.79 Å². The maximum Gasteiger partial charge on any atom is 0.267 e. The van der Waals surface area contributed by atoms with E-state index in [2.05, 4.69) is 9.59 Å². The third-order valence-electron chi connectivity index (χ3n) is 2.81. The molecule has 2 rings (SSSR count). The summed E-state index contributed by atoms with van der Waals surface area (Å²) in [7, 11) is 0. The Labute approximate surface area is 97.6 Å². The van der Waals surface area contributed by atoms with Gasteiger partial charge in [0.1, 0.15) is 10.7 Å². The normalized spacial score (nSPS) is 21.2. The van der Waals surface area contributed by atoms with Crippen LogP contribution in [0.25, 0.3) is 0 Å². The van der Waals surface area contributed by atoms with Gasteiger partial charge in [-0.05, 0) is 18.5 Å². The van der Waals surface area contributed by atoms with Crippen LogP contribution in [0.5, 0.6) is 0 Å². The lowest BCUT2D eigenvalue weighted by Crippen LogP contribution is -2.43. The van der Waals surface area contributed by atoms with Gasteiger partial charge >= 0.3 is 0 Å². The minimum absolute atomic E-state index is 0.0492. The third kappa shape index (κ3) is 1.97. The molecule has 6 heteroatoms. The van der Waals surface area contributed by atoms with Crippen LogP contribution < -0.4 is 0 Å². The molecule has 5 nitrogen and oxygen atoms in total. The molecule has 1 unspecified atom stereocenters. The van der Waals surface area contributed by atoms with Gasteiger partial charge in [0, 0.05) is 25.4 Å². The second kappa shape index (κ2) is 4.29. The van der Waals surface area contributed by atoms with E-state index in [1.165, 1.54) is 0 Å². The second-order valence-corrected chi connectivity index (χ2v) is 4.81. The van der Waals surface area contributed by atoms with Gasteiger partial charge in [-0.3, -0.25) is 9.59 Å². The van der Waals surface area contributed by atoms with Crippen molar-refractivity contribution in [1.29, 1.82) is 0 Å². The van der Waals surface area contributed by atoms with Crippen molar-refractivity contribution in [3.8, 4) is 0 Å². The van der Waals surface area contributed by atoms with Crippen LogP contribution in [0.3, 0.4) is 0 Å². The van der Waals surface area contributed by atoms with Crippen LogP contribution in [0.4, 0.5) is 0 Å². The number of rotatable bonds is 1. The average Bonchev–Trinajstić information content (AvgIpc) is 2.67. The molecule has 1 atom stereocenters. The van der Waals surface area contributed by atoms with E-state index in [4.69, 9.17) is 0 Å². The number of carbonyl (C=O) groups is 2. The Morgan fingerprint density at radius 1 is 1.56 bits per heavy atom. The minimum atomic E-state index is -0.0566. The van der Waals surface area contributed by atoms with E-state index in [9.17, 15) is 9.59 Å². The van der Waals surface area contributed by atoms with Gasteiger partial charge < -0.3 is 4.90 Å². The molecule has 86 valence electrons. The molecular weight excluding hydrogens is 226 g/mol. The first-order chi connectivity index (χ1) is 7.59. The number of amides is 1. The molecule has 1 aromatic rings. The largest absolute Gasteiger partial charge is 0.337 e. The van der Waals surface area contributed by atoms with Crippen LogP contribution >= 0.6 is 11.5 Å². The molecule has 1 aliphatic heterocycles. The SMILES string of the molecule is Cc1nnsc1C(=O)N1CCC(=O)C(C)C1. The van der Waals surface area contributed by atoms with Gasteiger partial charge in [-0.2, -0.15) is 0 Å². The molecule has 1 saturated heterocycles. The monoisotopic (exact) mass is 239 g/mol. The van der Waals surface area contributed by atoms with Crippen molar-refractivity contribution in [2.75, 3.05) is 13.1 Å². The van der Waals surface area contributed by atoms with Gasteiger partial charge in [0.2, 0.25) is 0 Å². The van der Waals surface area contributed by atoms with E-state index in [1.807, 2.05) is 6.92 Å². The molecule has 1 amide bonds. The molecule has 0 aliphatic carbocycles. The maximum absolute atomic E-state index is 12.1. The molecule has 0 saturated carbocycles. The van der Waals surface area contributed by atoms with Crippen LogP contribution in [0.2, 0.25) is 0 Å². The van der Waals surface area contributed by atoms with Crippen molar-refractivity contribution in [3.63, 3.8) is 0 Å². The van der Waals surface area contributed by atoms with E-state index < -0.39 is 0 Å². The first-order valence-electron chi connectivity index (χ1n) is 5.20. The van der Waals surface area contributed by atoms with Crippen molar-refractivity contribution >= 4 is 23.2 Å². The summed E-state index contributed by atoms with van der Waals surface area (Å²) in [6.07, 6.45) is 0.457. The predicted octanol–water partition coefficient (Wildman–Crippen LogP) is 0.898. The minimum Gasteiger partial charge on any atom is -0.337 e. The van der Waals surface area contributed by atoms with Crippen molar-refractivity contribution in [3.05, 3.63) is 10.6 Å². The lowest BCUT2D eigenvalue weighted by molar-refractivity contribution is -0.124. The quantitative estimate of drug-likeness (QED) is 0.730. The Morgan fingerprint density at radius 3 is 2.88 bits per heavy atom. The number of hydrogen-bond acceptors (Lipinski definition) is 5. The van der Waals surface area contributed by atoms with Gasteiger partial charge in [-0.15, -0.1) is 5.10 Å². The molecule has 0 N–H and O–H groups in total. The molecule has 0 spiro atoms. The lowest BCUT2D eigenvalue weighted by Gasteiger charge is -2.29. The lowest BCUT2D eigenvalue weighted by atomic mass is 9.98. The topological polar surface area (TPSA) is 63.2 Å². The summed E-state index contributed by atoms with van der Waals surface area (Å²) < 4.78 is 3.75. The number of nitrogens with zero attached hydrogens (tertiary/aromatic N) is 3. The van der Waals surface area contributed by atoms with E-state index in [0.29, 0.717) is 30.1 Å². The van der Waals surface area contributed by atoms with Gasteiger partial charge in [0.05, 0.1) is 5.69 Å². The highest BCUT2D eigenvalue weighted by atomic mass is 32.1. The van der Waals surface area contributed by atoms with E-state index in [-0.39, 0.29) is 17.6 Å². The van der Waals surface area contributed by atoms with Gasteiger partial charge in [0.15, 0.2) is 0 Å². The molecule has 2 heterocycles. The van der Waals surface area contributed by atoms with Gasteiger partial charge in [-0.1, -0.05) is 11.4 Å². The molecule has 0 radical (unpaired) electrons. The summed E-state index contributed by atoms with van der Waals surface area (Å²) >= 11 is 1.12. The van der Waals surface area contributed by atoms with Crippen LogP contribution in [-0.4, -0.2) is 39.3 Å². The number of aromatic nitrogens is 2. The van der Waals surface area contributed by atoms with Crippen LogP contribution in [0.15, 0.2) is 0 Å². The molecule has 0 bridgehead atoms. The number of ketones is 1. The highest BCUT2D eigenvalue weighted by Gasteiger charge is 2.28. The zero-order valence-corrected chi connectivity index (χ0v) is 10.1. The number of piperidine rings is 1. The van der Waals surface area contributed by atoms with Crippen molar-refractivity contribution in [1.82, 2.24) is 14.5 Å². The molecule has 1 fully saturated rings. The summed E-state index contributed by atoms with van der Waals surface area (Å²) in [5.74, 6) is 0.133.